The van der Waals surface area contributed by atoms with Gasteiger partial charge in [-0.25, -0.2) is 5.43 Å². The summed E-state index contributed by atoms with van der Waals surface area (Å²) >= 11 is 0. The second kappa shape index (κ2) is 9.52. The summed E-state index contributed by atoms with van der Waals surface area (Å²) in [6, 6.07) is 13.8. The van der Waals surface area contributed by atoms with E-state index < -0.39 is 5.41 Å². The molecule has 3 heterocycles. The molecule has 0 aromatic heterocycles. The predicted molar refractivity (Wildman–Crippen MR) is 144 cm³/mol. The molecule has 6 atom stereocenters. The smallest absolute Gasteiger partial charge is 0.235 e. The number of methoxy groups -OCH3 is 2. The first-order valence-corrected chi connectivity index (χ1v) is 14.1. The molecule has 4 unspecified atom stereocenters. The van der Waals surface area contributed by atoms with Crippen molar-refractivity contribution in [2.75, 3.05) is 45.8 Å². The summed E-state index contributed by atoms with van der Waals surface area (Å²) in [4.78, 5) is 15.8. The van der Waals surface area contributed by atoms with Crippen LogP contribution in [-0.4, -0.2) is 57.4 Å². The molecule has 2 aromatic carbocycles. The molecule has 1 amide bonds. The number of hydrogen-bond acceptors (Lipinski definition) is 7. The van der Waals surface area contributed by atoms with Crippen LogP contribution in [0, 0.1) is 17.8 Å². The van der Waals surface area contributed by atoms with Crippen molar-refractivity contribution in [2.45, 2.75) is 49.7 Å². The van der Waals surface area contributed by atoms with Crippen molar-refractivity contribution < 1.29 is 19.0 Å². The standard InChI is InChI=1S/C30H38N4O4/c1-36-26-14-22-25(15-27(26)37-2)31-29(35)30(22)16-23(30)19-6-7-21-24(13-19)32-33-28(21)20-5-3-4-18(12-20)17-34-8-10-38-11-9-34/h3-5,12,14-15,19,21,23-24,28,32-33H,6-11,13,16-17H2,1-2H3,(H,31,35)/t19?,21?,23-,24?,28?,30-/m0/s1. The molecular weight excluding hydrogens is 480 g/mol. The topological polar surface area (TPSA) is 84.1 Å². The average Bonchev–Trinajstić information content (AvgIpc) is 3.47. The molecule has 0 radical (unpaired) electrons. The Labute approximate surface area is 224 Å². The number of benzene rings is 2. The fraction of sp³-hybridized carbons (Fsp3) is 0.567. The molecular formula is C30H38N4O4. The molecule has 0 bridgehead atoms. The van der Waals surface area contributed by atoms with E-state index in [9.17, 15) is 4.79 Å². The number of amides is 1. The Hall–Kier alpha value is -2.65. The zero-order chi connectivity index (χ0) is 25.9. The molecule has 2 saturated heterocycles. The number of nitrogens with zero attached hydrogens (tertiary/aromatic N) is 1. The number of rotatable bonds is 6. The van der Waals surface area contributed by atoms with Crippen LogP contribution < -0.4 is 25.6 Å². The number of ether oxygens (including phenoxy) is 3. The van der Waals surface area contributed by atoms with Crippen LogP contribution in [0.2, 0.25) is 0 Å². The van der Waals surface area contributed by atoms with Gasteiger partial charge in [-0.3, -0.25) is 15.1 Å². The lowest BCUT2D eigenvalue weighted by atomic mass is 9.72. The Kier molecular flexibility index (Phi) is 6.11. The third-order valence-corrected chi connectivity index (χ3v) is 9.86. The first-order chi connectivity index (χ1) is 18.6. The van der Waals surface area contributed by atoms with Gasteiger partial charge in [-0.1, -0.05) is 24.3 Å². The zero-order valence-corrected chi connectivity index (χ0v) is 22.3. The van der Waals surface area contributed by atoms with Crippen LogP contribution in [-0.2, 0) is 21.5 Å². The van der Waals surface area contributed by atoms with E-state index in [1.807, 2.05) is 12.1 Å². The number of nitrogens with one attached hydrogen (secondary N) is 3. The van der Waals surface area contributed by atoms with E-state index in [-0.39, 0.29) is 5.91 Å². The SMILES string of the molecule is COc1cc2c(cc1OC)[C@]1(C[C@H]1C1CCC3C(C1)NNC3c1cccc(CN3CCOCC3)c1)C(=O)N2. The second-order valence-electron chi connectivity index (χ2n) is 11.7. The van der Waals surface area contributed by atoms with E-state index >= 15 is 0 Å². The Morgan fingerprint density at radius 2 is 1.87 bits per heavy atom. The molecule has 5 aliphatic rings. The second-order valence-corrected chi connectivity index (χ2v) is 11.7. The highest BCUT2D eigenvalue weighted by Gasteiger charge is 2.67. The van der Waals surface area contributed by atoms with Gasteiger partial charge in [-0.2, -0.15) is 0 Å². The third kappa shape index (κ3) is 3.92. The number of morpholine rings is 1. The monoisotopic (exact) mass is 518 g/mol. The summed E-state index contributed by atoms with van der Waals surface area (Å²) in [5, 5.41) is 3.14. The van der Waals surface area contributed by atoms with Gasteiger partial charge < -0.3 is 19.5 Å². The van der Waals surface area contributed by atoms with Gasteiger partial charge in [0, 0.05) is 37.4 Å². The van der Waals surface area contributed by atoms with Crippen LogP contribution >= 0.6 is 0 Å². The number of carbonyl (C=O) groups is 1. The third-order valence-electron chi connectivity index (χ3n) is 9.86. The minimum Gasteiger partial charge on any atom is -0.493 e. The van der Waals surface area contributed by atoms with Gasteiger partial charge in [-0.15, -0.1) is 0 Å². The highest BCUT2D eigenvalue weighted by atomic mass is 16.5. The van der Waals surface area contributed by atoms with E-state index in [4.69, 9.17) is 14.2 Å². The molecule has 2 aromatic rings. The molecule has 2 saturated carbocycles. The highest BCUT2D eigenvalue weighted by molar-refractivity contribution is 6.09. The molecule has 1 spiro atoms. The molecule has 38 heavy (non-hydrogen) atoms. The maximum Gasteiger partial charge on any atom is 0.235 e. The first-order valence-electron chi connectivity index (χ1n) is 14.1. The van der Waals surface area contributed by atoms with Gasteiger partial charge in [0.15, 0.2) is 11.5 Å². The van der Waals surface area contributed by atoms with Crippen molar-refractivity contribution in [3.63, 3.8) is 0 Å². The predicted octanol–water partition coefficient (Wildman–Crippen LogP) is 3.38. The average molecular weight is 519 g/mol. The summed E-state index contributed by atoms with van der Waals surface area (Å²) in [5.74, 6) is 2.96. The van der Waals surface area contributed by atoms with Crippen LogP contribution in [0.25, 0.3) is 0 Å². The van der Waals surface area contributed by atoms with Gasteiger partial charge >= 0.3 is 0 Å². The number of hydrazine groups is 1. The van der Waals surface area contributed by atoms with Crippen molar-refractivity contribution in [3.8, 4) is 11.5 Å². The Morgan fingerprint density at radius 1 is 1.05 bits per heavy atom. The van der Waals surface area contributed by atoms with Gasteiger partial charge in [0.05, 0.1) is 38.9 Å². The van der Waals surface area contributed by atoms with E-state index in [2.05, 4.69) is 45.3 Å². The Morgan fingerprint density at radius 3 is 2.68 bits per heavy atom. The van der Waals surface area contributed by atoms with Crippen LogP contribution in [0.3, 0.4) is 0 Å². The van der Waals surface area contributed by atoms with Crippen LogP contribution in [0.15, 0.2) is 36.4 Å². The van der Waals surface area contributed by atoms with E-state index in [1.165, 1.54) is 17.5 Å². The lowest BCUT2D eigenvalue weighted by Crippen LogP contribution is -2.37. The minimum atomic E-state index is -0.411. The van der Waals surface area contributed by atoms with Gasteiger partial charge in [0.1, 0.15) is 0 Å². The lowest BCUT2D eigenvalue weighted by Gasteiger charge is -2.34. The van der Waals surface area contributed by atoms with Crippen molar-refractivity contribution in [1.29, 1.82) is 0 Å². The summed E-state index contributed by atoms with van der Waals surface area (Å²) < 4.78 is 16.6. The quantitative estimate of drug-likeness (QED) is 0.541. The molecule has 7 rings (SSSR count). The van der Waals surface area contributed by atoms with Crippen molar-refractivity contribution in [3.05, 3.63) is 53.1 Å². The van der Waals surface area contributed by atoms with E-state index in [1.54, 1.807) is 14.2 Å². The summed E-state index contributed by atoms with van der Waals surface area (Å²) in [7, 11) is 3.28. The van der Waals surface area contributed by atoms with E-state index in [0.717, 1.165) is 63.4 Å². The zero-order valence-electron chi connectivity index (χ0n) is 22.3. The van der Waals surface area contributed by atoms with Gasteiger partial charge in [0.25, 0.3) is 0 Å². The lowest BCUT2D eigenvalue weighted by molar-refractivity contribution is -0.118. The maximum atomic E-state index is 13.3. The normalized spacial score (nSPS) is 34.1. The number of carbonyl (C=O) groups excluding carboxylic acids is 1. The molecule has 3 N–H and O–H groups in total. The van der Waals surface area contributed by atoms with Crippen molar-refractivity contribution in [2.24, 2.45) is 17.8 Å². The van der Waals surface area contributed by atoms with Crippen molar-refractivity contribution >= 4 is 11.6 Å². The highest BCUT2D eigenvalue weighted by Crippen LogP contribution is 2.66. The number of hydrogen-bond donors (Lipinski definition) is 3. The summed E-state index contributed by atoms with van der Waals surface area (Å²) in [6.45, 7) is 4.65. The Bertz CT molecular complexity index is 1230. The molecule has 2 aliphatic carbocycles. The molecule has 202 valence electrons. The van der Waals surface area contributed by atoms with Crippen LogP contribution in [0.1, 0.15) is 48.4 Å². The maximum absolute atomic E-state index is 13.3. The van der Waals surface area contributed by atoms with Crippen LogP contribution in [0.5, 0.6) is 11.5 Å². The van der Waals surface area contributed by atoms with Crippen molar-refractivity contribution in [1.82, 2.24) is 15.8 Å². The summed E-state index contributed by atoms with van der Waals surface area (Å²) in [5.41, 5.74) is 11.6. The van der Waals surface area contributed by atoms with Crippen LogP contribution in [0.4, 0.5) is 5.69 Å². The minimum absolute atomic E-state index is 0.141. The Balaban J connectivity index is 1.04. The first kappa shape index (κ1) is 24.4. The fourth-order valence-corrected chi connectivity index (χ4v) is 7.83. The molecule has 4 fully saturated rings. The summed E-state index contributed by atoms with van der Waals surface area (Å²) in [6.07, 6.45) is 4.35. The molecule has 8 heteroatoms. The van der Waals surface area contributed by atoms with Gasteiger partial charge in [-0.05, 0) is 66.2 Å². The molecule has 3 aliphatic heterocycles. The molecule has 8 nitrogen and oxygen atoms in total. The largest absolute Gasteiger partial charge is 0.493 e. The van der Waals surface area contributed by atoms with E-state index in [0.29, 0.717) is 41.3 Å². The number of anilines is 1. The fourth-order valence-electron chi connectivity index (χ4n) is 7.83. The number of fused-ring (bicyclic) bond motifs is 3. The van der Waals surface area contributed by atoms with Gasteiger partial charge in [0.2, 0.25) is 5.91 Å².